The lowest BCUT2D eigenvalue weighted by molar-refractivity contribution is -0.384. The van der Waals surface area contributed by atoms with E-state index in [0.29, 0.717) is 5.69 Å². The van der Waals surface area contributed by atoms with Crippen LogP contribution < -0.4 is 5.32 Å². The van der Waals surface area contributed by atoms with Crippen LogP contribution in [0.4, 0.5) is 11.4 Å². The van der Waals surface area contributed by atoms with Gasteiger partial charge in [-0.25, -0.2) is 4.79 Å². The van der Waals surface area contributed by atoms with Gasteiger partial charge in [-0.3, -0.25) is 19.7 Å². The molecule has 0 bridgehead atoms. The van der Waals surface area contributed by atoms with E-state index in [2.05, 4.69) is 5.32 Å². The van der Waals surface area contributed by atoms with Crippen molar-refractivity contribution in [1.82, 2.24) is 4.90 Å². The van der Waals surface area contributed by atoms with E-state index in [1.165, 1.54) is 13.1 Å². The SMILES string of the molecule is CCOC(=O)c1cc(C(=O)N(C)CC(=O)Nc2ccccc2CC)cc([N+](=O)[O-])c1. The summed E-state index contributed by atoms with van der Waals surface area (Å²) in [4.78, 5) is 48.7. The number of likely N-dealkylation sites (N-methyl/N-ethyl adjacent to an activating group) is 1. The van der Waals surface area contributed by atoms with Crippen LogP contribution in [0.25, 0.3) is 0 Å². The number of anilines is 1. The summed E-state index contributed by atoms with van der Waals surface area (Å²) in [5.41, 5.74) is 1.00. The van der Waals surface area contributed by atoms with Crippen molar-refractivity contribution in [3.8, 4) is 0 Å². The van der Waals surface area contributed by atoms with Gasteiger partial charge in [0, 0.05) is 30.4 Å². The molecule has 2 amide bonds. The van der Waals surface area contributed by atoms with Gasteiger partial charge in [-0.15, -0.1) is 0 Å². The smallest absolute Gasteiger partial charge is 0.338 e. The molecule has 0 heterocycles. The molecule has 0 saturated carbocycles. The molecule has 0 aliphatic carbocycles. The Kier molecular flexibility index (Phi) is 7.62. The summed E-state index contributed by atoms with van der Waals surface area (Å²) in [5.74, 6) is -1.82. The number of carbonyl (C=O) groups is 3. The number of nitro groups is 1. The minimum Gasteiger partial charge on any atom is -0.462 e. The van der Waals surface area contributed by atoms with Crippen LogP contribution >= 0.6 is 0 Å². The molecule has 158 valence electrons. The topological polar surface area (TPSA) is 119 Å². The van der Waals surface area contributed by atoms with Crippen LogP contribution in [0, 0.1) is 10.1 Å². The second kappa shape index (κ2) is 10.1. The number of rotatable bonds is 8. The highest BCUT2D eigenvalue weighted by Gasteiger charge is 2.22. The summed E-state index contributed by atoms with van der Waals surface area (Å²) in [7, 11) is 1.40. The first-order valence-electron chi connectivity index (χ1n) is 9.36. The number of hydrogen-bond acceptors (Lipinski definition) is 6. The van der Waals surface area contributed by atoms with Crippen molar-refractivity contribution in [2.45, 2.75) is 20.3 Å². The zero-order valence-electron chi connectivity index (χ0n) is 17.0. The van der Waals surface area contributed by atoms with Crippen LogP contribution in [0.5, 0.6) is 0 Å². The first-order chi connectivity index (χ1) is 14.3. The predicted molar refractivity (Wildman–Crippen MR) is 110 cm³/mol. The largest absolute Gasteiger partial charge is 0.462 e. The summed E-state index contributed by atoms with van der Waals surface area (Å²) in [6.45, 7) is 3.38. The minimum absolute atomic E-state index is 0.0866. The molecule has 0 atom stereocenters. The van der Waals surface area contributed by atoms with Gasteiger partial charge in [-0.1, -0.05) is 25.1 Å². The lowest BCUT2D eigenvalue weighted by Crippen LogP contribution is -2.35. The summed E-state index contributed by atoms with van der Waals surface area (Å²) in [5, 5.41) is 13.9. The highest BCUT2D eigenvalue weighted by molar-refractivity contribution is 6.01. The van der Waals surface area contributed by atoms with Gasteiger partial charge in [0.1, 0.15) is 0 Å². The molecule has 0 aliphatic rings. The standard InChI is InChI=1S/C21H23N3O6/c1-4-14-8-6-7-9-18(14)22-19(25)13-23(3)20(26)15-10-16(21(27)30-5-2)12-17(11-15)24(28)29/h6-12H,4-5,13H2,1-3H3,(H,22,25). The van der Waals surface area contributed by atoms with Crippen LogP contribution in [0.15, 0.2) is 42.5 Å². The van der Waals surface area contributed by atoms with Gasteiger partial charge < -0.3 is 15.0 Å². The predicted octanol–water partition coefficient (Wildman–Crippen LogP) is 3.04. The Morgan fingerprint density at radius 3 is 2.40 bits per heavy atom. The van der Waals surface area contributed by atoms with Crippen LogP contribution in [0.3, 0.4) is 0 Å². The number of nitro benzene ring substituents is 1. The quantitative estimate of drug-likeness (QED) is 0.404. The van der Waals surface area contributed by atoms with E-state index in [9.17, 15) is 24.5 Å². The summed E-state index contributed by atoms with van der Waals surface area (Å²) < 4.78 is 4.86. The van der Waals surface area contributed by atoms with Crippen LogP contribution in [0.1, 0.15) is 40.1 Å². The Balaban J connectivity index is 2.19. The highest BCUT2D eigenvalue weighted by Crippen LogP contribution is 2.20. The number of non-ortho nitro benzene ring substituents is 1. The molecule has 0 aromatic heterocycles. The third-order valence-corrected chi connectivity index (χ3v) is 4.29. The Labute approximate surface area is 173 Å². The molecular formula is C21H23N3O6. The molecule has 30 heavy (non-hydrogen) atoms. The Bertz CT molecular complexity index is 973. The zero-order chi connectivity index (χ0) is 22.3. The molecule has 0 spiro atoms. The average Bonchev–Trinajstić information content (AvgIpc) is 2.73. The van der Waals surface area contributed by atoms with Crippen LogP contribution in [-0.4, -0.2) is 47.8 Å². The third kappa shape index (κ3) is 5.63. The van der Waals surface area contributed by atoms with Crippen molar-refractivity contribution in [1.29, 1.82) is 0 Å². The maximum Gasteiger partial charge on any atom is 0.338 e. The highest BCUT2D eigenvalue weighted by atomic mass is 16.6. The van der Waals surface area contributed by atoms with Gasteiger partial charge in [0.15, 0.2) is 0 Å². The van der Waals surface area contributed by atoms with E-state index in [-0.39, 0.29) is 24.3 Å². The van der Waals surface area contributed by atoms with Gasteiger partial charge in [0.25, 0.3) is 11.6 Å². The second-order valence-corrected chi connectivity index (χ2v) is 6.47. The molecule has 1 N–H and O–H groups in total. The monoisotopic (exact) mass is 413 g/mol. The number of esters is 1. The van der Waals surface area contributed by atoms with Crippen molar-refractivity contribution < 1.29 is 24.0 Å². The van der Waals surface area contributed by atoms with Crippen molar-refractivity contribution in [2.24, 2.45) is 0 Å². The number of carbonyl (C=O) groups excluding carboxylic acids is 3. The molecule has 2 aromatic rings. The molecular weight excluding hydrogens is 390 g/mol. The van der Waals surface area contributed by atoms with Gasteiger partial charge >= 0.3 is 5.97 Å². The molecule has 0 aliphatic heterocycles. The minimum atomic E-state index is -0.771. The first kappa shape index (κ1) is 22.5. The Morgan fingerprint density at radius 2 is 1.77 bits per heavy atom. The van der Waals surface area contributed by atoms with Crippen molar-refractivity contribution >= 4 is 29.2 Å². The summed E-state index contributed by atoms with van der Waals surface area (Å²) in [6.07, 6.45) is 0.732. The lowest BCUT2D eigenvalue weighted by atomic mass is 10.1. The number of aryl methyl sites for hydroxylation is 1. The fourth-order valence-corrected chi connectivity index (χ4v) is 2.82. The van der Waals surface area contributed by atoms with E-state index in [1.807, 2.05) is 19.1 Å². The number of nitrogens with zero attached hydrogens (tertiary/aromatic N) is 2. The third-order valence-electron chi connectivity index (χ3n) is 4.29. The first-order valence-corrected chi connectivity index (χ1v) is 9.36. The molecule has 0 radical (unpaired) electrons. The summed E-state index contributed by atoms with van der Waals surface area (Å²) >= 11 is 0. The van der Waals surface area contributed by atoms with Gasteiger partial charge in [0.2, 0.25) is 5.91 Å². The van der Waals surface area contributed by atoms with Crippen LogP contribution in [0.2, 0.25) is 0 Å². The molecule has 0 unspecified atom stereocenters. The Hall–Kier alpha value is -3.75. The number of amides is 2. The van der Waals surface area contributed by atoms with Crippen molar-refractivity contribution in [2.75, 3.05) is 25.5 Å². The molecule has 9 nitrogen and oxygen atoms in total. The zero-order valence-corrected chi connectivity index (χ0v) is 17.0. The molecule has 2 rings (SSSR count). The van der Waals surface area contributed by atoms with E-state index in [4.69, 9.17) is 4.74 Å². The van der Waals surface area contributed by atoms with Crippen molar-refractivity contribution in [3.05, 3.63) is 69.3 Å². The fourth-order valence-electron chi connectivity index (χ4n) is 2.82. The second-order valence-electron chi connectivity index (χ2n) is 6.47. The fraction of sp³-hybridized carbons (Fsp3) is 0.286. The number of benzene rings is 2. The number of para-hydroxylation sites is 1. The van der Waals surface area contributed by atoms with Gasteiger partial charge in [0.05, 0.1) is 23.6 Å². The maximum atomic E-state index is 12.7. The maximum absolute atomic E-state index is 12.7. The molecule has 9 heteroatoms. The van der Waals surface area contributed by atoms with E-state index in [0.717, 1.165) is 29.0 Å². The molecule has 0 fully saturated rings. The van der Waals surface area contributed by atoms with E-state index < -0.39 is 28.4 Å². The number of nitrogens with one attached hydrogen (secondary N) is 1. The summed E-state index contributed by atoms with van der Waals surface area (Å²) in [6, 6.07) is 10.6. The lowest BCUT2D eigenvalue weighted by Gasteiger charge is -2.18. The Morgan fingerprint density at radius 1 is 1.10 bits per heavy atom. The van der Waals surface area contributed by atoms with Crippen LogP contribution in [-0.2, 0) is 16.0 Å². The molecule has 2 aromatic carbocycles. The van der Waals surface area contributed by atoms with Gasteiger partial charge in [-0.2, -0.15) is 0 Å². The van der Waals surface area contributed by atoms with Crippen molar-refractivity contribution in [3.63, 3.8) is 0 Å². The van der Waals surface area contributed by atoms with E-state index in [1.54, 1.807) is 19.1 Å². The normalized spacial score (nSPS) is 10.2. The number of hydrogen-bond donors (Lipinski definition) is 1. The number of ether oxygens (including phenoxy) is 1. The molecule has 0 saturated heterocycles. The van der Waals surface area contributed by atoms with Gasteiger partial charge in [-0.05, 0) is 31.0 Å². The van der Waals surface area contributed by atoms with E-state index >= 15 is 0 Å². The average molecular weight is 413 g/mol.